The smallest absolute Gasteiger partial charge is 0.143 e. The van der Waals surface area contributed by atoms with Crippen molar-refractivity contribution in [2.45, 2.75) is 33.1 Å². The van der Waals surface area contributed by atoms with E-state index < -0.39 is 0 Å². The molecule has 0 spiro atoms. The Morgan fingerprint density at radius 2 is 2.00 bits per heavy atom. The molecule has 0 saturated heterocycles. The standard InChI is InChI=1S/C16H20N2O/c1-4-14-10-15(18(3)17-14)11-16(19)9-13-8-6-5-7-12(13)2/h5-8,10H,4,9,11H2,1-3H3. The molecule has 0 saturated carbocycles. The van der Waals surface area contributed by atoms with E-state index in [9.17, 15) is 4.79 Å². The summed E-state index contributed by atoms with van der Waals surface area (Å²) in [6, 6.07) is 10.1. The number of benzene rings is 1. The van der Waals surface area contributed by atoms with Crippen LogP contribution in [0, 0.1) is 6.92 Å². The molecule has 19 heavy (non-hydrogen) atoms. The van der Waals surface area contributed by atoms with Gasteiger partial charge >= 0.3 is 0 Å². The lowest BCUT2D eigenvalue weighted by molar-refractivity contribution is -0.117. The lowest BCUT2D eigenvalue weighted by Gasteiger charge is -2.05. The van der Waals surface area contributed by atoms with Crippen LogP contribution in [0.2, 0.25) is 0 Å². The van der Waals surface area contributed by atoms with Crippen LogP contribution in [0.3, 0.4) is 0 Å². The van der Waals surface area contributed by atoms with Crippen LogP contribution in [0.4, 0.5) is 0 Å². The Kier molecular flexibility index (Phi) is 4.15. The molecule has 0 atom stereocenters. The number of hydrogen-bond acceptors (Lipinski definition) is 2. The summed E-state index contributed by atoms with van der Waals surface area (Å²) in [5.74, 6) is 0.236. The molecule has 2 aromatic rings. The van der Waals surface area contributed by atoms with Crippen molar-refractivity contribution in [1.82, 2.24) is 9.78 Å². The predicted octanol–water partition coefficient (Wildman–Crippen LogP) is 2.65. The molecule has 0 aliphatic carbocycles. The van der Waals surface area contributed by atoms with Crippen LogP contribution in [-0.4, -0.2) is 15.6 Å². The highest BCUT2D eigenvalue weighted by Gasteiger charge is 2.11. The van der Waals surface area contributed by atoms with Crippen LogP contribution in [0.25, 0.3) is 0 Å². The fourth-order valence-corrected chi connectivity index (χ4v) is 2.20. The lowest BCUT2D eigenvalue weighted by Crippen LogP contribution is -2.10. The summed E-state index contributed by atoms with van der Waals surface area (Å²) < 4.78 is 1.81. The van der Waals surface area contributed by atoms with E-state index in [4.69, 9.17) is 0 Å². The molecule has 1 heterocycles. The number of aryl methyl sites for hydroxylation is 3. The quantitative estimate of drug-likeness (QED) is 0.824. The van der Waals surface area contributed by atoms with E-state index in [1.54, 1.807) is 0 Å². The maximum absolute atomic E-state index is 12.1. The van der Waals surface area contributed by atoms with Gasteiger partial charge in [0.25, 0.3) is 0 Å². The molecule has 3 heteroatoms. The third-order valence-corrected chi connectivity index (χ3v) is 3.42. The molecule has 1 aromatic heterocycles. The zero-order valence-electron chi connectivity index (χ0n) is 11.8. The Morgan fingerprint density at radius 1 is 1.26 bits per heavy atom. The van der Waals surface area contributed by atoms with Crippen LogP contribution in [0.1, 0.15) is 29.4 Å². The summed E-state index contributed by atoms with van der Waals surface area (Å²) in [5, 5.41) is 4.37. The molecule has 0 N–H and O–H groups in total. The van der Waals surface area contributed by atoms with Gasteiger partial charge < -0.3 is 0 Å². The summed E-state index contributed by atoms with van der Waals surface area (Å²) >= 11 is 0. The van der Waals surface area contributed by atoms with E-state index in [-0.39, 0.29) is 5.78 Å². The Bertz CT molecular complexity index is 584. The van der Waals surface area contributed by atoms with Gasteiger partial charge in [0.15, 0.2) is 0 Å². The van der Waals surface area contributed by atoms with Gasteiger partial charge in [-0.05, 0) is 30.5 Å². The fraction of sp³-hybridized carbons (Fsp3) is 0.375. The van der Waals surface area contributed by atoms with Gasteiger partial charge in [-0.2, -0.15) is 5.10 Å². The lowest BCUT2D eigenvalue weighted by atomic mass is 10.0. The van der Waals surface area contributed by atoms with Gasteiger partial charge in [-0.3, -0.25) is 9.48 Å². The number of nitrogens with zero attached hydrogens (tertiary/aromatic N) is 2. The number of rotatable bonds is 5. The molecule has 0 radical (unpaired) electrons. The number of Topliss-reactive ketones (excluding diaryl/α,β-unsaturated/α-hetero) is 1. The molecule has 0 fully saturated rings. The largest absolute Gasteiger partial charge is 0.299 e. The van der Waals surface area contributed by atoms with Crippen molar-refractivity contribution < 1.29 is 4.79 Å². The van der Waals surface area contributed by atoms with Crippen molar-refractivity contribution in [3.63, 3.8) is 0 Å². The van der Waals surface area contributed by atoms with Crippen molar-refractivity contribution in [2.24, 2.45) is 7.05 Å². The average molecular weight is 256 g/mol. The molecule has 0 aliphatic heterocycles. The molecular weight excluding hydrogens is 236 g/mol. The molecule has 0 amide bonds. The second-order valence-corrected chi connectivity index (χ2v) is 4.92. The van der Waals surface area contributed by atoms with Crippen molar-refractivity contribution in [1.29, 1.82) is 0 Å². The van der Waals surface area contributed by atoms with Gasteiger partial charge in [0.05, 0.1) is 5.69 Å². The first kappa shape index (κ1) is 13.5. The normalized spacial score (nSPS) is 10.7. The van der Waals surface area contributed by atoms with E-state index in [1.165, 1.54) is 5.56 Å². The summed E-state index contributed by atoms with van der Waals surface area (Å²) in [5.41, 5.74) is 4.33. The van der Waals surface area contributed by atoms with Gasteiger partial charge in [-0.1, -0.05) is 31.2 Å². The van der Waals surface area contributed by atoms with E-state index in [0.29, 0.717) is 12.8 Å². The minimum absolute atomic E-state index is 0.236. The Morgan fingerprint density at radius 3 is 2.63 bits per heavy atom. The van der Waals surface area contributed by atoms with E-state index in [0.717, 1.165) is 23.4 Å². The van der Waals surface area contributed by atoms with Gasteiger partial charge in [-0.25, -0.2) is 0 Å². The number of carbonyl (C=O) groups is 1. The molecule has 3 nitrogen and oxygen atoms in total. The zero-order chi connectivity index (χ0) is 13.8. The van der Waals surface area contributed by atoms with Gasteiger partial charge in [0.2, 0.25) is 0 Å². The Hall–Kier alpha value is -1.90. The van der Waals surface area contributed by atoms with Gasteiger partial charge in [0.1, 0.15) is 5.78 Å². The topological polar surface area (TPSA) is 34.9 Å². The van der Waals surface area contributed by atoms with E-state index >= 15 is 0 Å². The van der Waals surface area contributed by atoms with Crippen LogP contribution in [-0.2, 0) is 31.1 Å². The first-order chi connectivity index (χ1) is 9.10. The van der Waals surface area contributed by atoms with Crippen LogP contribution >= 0.6 is 0 Å². The maximum Gasteiger partial charge on any atom is 0.143 e. The minimum atomic E-state index is 0.236. The molecule has 0 aliphatic rings. The molecular formula is C16H20N2O. The van der Waals surface area contributed by atoms with Crippen molar-refractivity contribution >= 4 is 5.78 Å². The van der Waals surface area contributed by atoms with Gasteiger partial charge in [-0.15, -0.1) is 0 Å². The predicted molar refractivity (Wildman–Crippen MR) is 76.2 cm³/mol. The molecule has 100 valence electrons. The monoisotopic (exact) mass is 256 g/mol. The van der Waals surface area contributed by atoms with Crippen molar-refractivity contribution in [3.8, 4) is 0 Å². The fourth-order valence-electron chi connectivity index (χ4n) is 2.20. The molecule has 0 unspecified atom stereocenters. The second kappa shape index (κ2) is 5.83. The maximum atomic E-state index is 12.1. The number of hydrogen-bond donors (Lipinski definition) is 0. The summed E-state index contributed by atoms with van der Waals surface area (Å²) in [6.07, 6.45) is 1.86. The third kappa shape index (κ3) is 3.31. The Labute approximate surface area is 114 Å². The van der Waals surface area contributed by atoms with Crippen LogP contribution in [0.5, 0.6) is 0 Å². The third-order valence-electron chi connectivity index (χ3n) is 3.42. The van der Waals surface area contributed by atoms with Crippen molar-refractivity contribution in [3.05, 3.63) is 52.8 Å². The van der Waals surface area contributed by atoms with E-state index in [1.807, 2.05) is 49.0 Å². The van der Waals surface area contributed by atoms with E-state index in [2.05, 4.69) is 12.0 Å². The van der Waals surface area contributed by atoms with Crippen LogP contribution in [0.15, 0.2) is 30.3 Å². The zero-order valence-corrected chi connectivity index (χ0v) is 11.8. The SMILES string of the molecule is CCc1cc(CC(=O)Cc2ccccc2C)n(C)n1. The second-order valence-electron chi connectivity index (χ2n) is 4.92. The number of carbonyl (C=O) groups excluding carboxylic acids is 1. The highest BCUT2D eigenvalue weighted by atomic mass is 16.1. The highest BCUT2D eigenvalue weighted by molar-refractivity contribution is 5.83. The summed E-state index contributed by atoms with van der Waals surface area (Å²) in [4.78, 5) is 12.1. The summed E-state index contributed by atoms with van der Waals surface area (Å²) in [7, 11) is 1.90. The average Bonchev–Trinajstić information content (AvgIpc) is 2.73. The van der Waals surface area contributed by atoms with Gasteiger partial charge in [0, 0.05) is 25.6 Å². The Balaban J connectivity index is 2.05. The van der Waals surface area contributed by atoms with Crippen LogP contribution < -0.4 is 0 Å². The molecule has 0 bridgehead atoms. The first-order valence-electron chi connectivity index (χ1n) is 6.68. The minimum Gasteiger partial charge on any atom is -0.299 e. The number of ketones is 1. The van der Waals surface area contributed by atoms with Crippen molar-refractivity contribution in [2.75, 3.05) is 0 Å². The highest BCUT2D eigenvalue weighted by Crippen LogP contribution is 2.11. The molecule has 2 rings (SSSR count). The molecule has 1 aromatic carbocycles. The number of aromatic nitrogens is 2. The summed E-state index contributed by atoms with van der Waals surface area (Å²) in [6.45, 7) is 4.11. The first-order valence-corrected chi connectivity index (χ1v) is 6.68.